The Kier molecular flexibility index (Phi) is 9.53. The number of hydrogen-bond acceptors (Lipinski definition) is 1. The summed E-state index contributed by atoms with van der Waals surface area (Å²) in [5, 5.41) is 9.82. The third-order valence-corrected chi connectivity index (χ3v) is 14.5. The van der Waals surface area contributed by atoms with Crippen LogP contribution < -0.4 is 4.90 Å². The van der Waals surface area contributed by atoms with Crippen molar-refractivity contribution in [2.45, 2.75) is 0 Å². The number of anilines is 3. The topological polar surface area (TPSA) is 13.1 Å². The van der Waals surface area contributed by atoms with Gasteiger partial charge in [-0.3, -0.25) is 0 Å². The van der Waals surface area contributed by atoms with E-state index < -0.39 is 0 Å². The van der Waals surface area contributed by atoms with E-state index in [-0.39, 0.29) is 0 Å². The third kappa shape index (κ3) is 6.74. The summed E-state index contributed by atoms with van der Waals surface area (Å²) in [5.41, 5.74) is 17.2. The van der Waals surface area contributed by atoms with E-state index in [1.54, 1.807) is 0 Å². The van der Waals surface area contributed by atoms with Crippen molar-refractivity contribution < 1.29 is 0 Å². The second-order valence-electron chi connectivity index (χ2n) is 18.5. The van der Waals surface area contributed by atoms with Crippen LogP contribution in [0, 0.1) is 0 Å². The molecule has 0 bridgehead atoms. The van der Waals surface area contributed by atoms with Crippen LogP contribution >= 0.6 is 0 Å². The predicted octanol–water partition coefficient (Wildman–Crippen LogP) is 18.7. The summed E-state index contributed by atoms with van der Waals surface area (Å²) in [6, 6.07) is 100. The van der Waals surface area contributed by atoms with Gasteiger partial charge in [-0.1, -0.05) is 194 Å². The van der Waals surface area contributed by atoms with Gasteiger partial charge in [-0.25, -0.2) is 0 Å². The standard InChI is InChI=1S/C68H45N3/c1-3-21-51(22-4-1)70-64-31-13-11-27-59(64)61-42-37-50(43-66(61)70)62-44-63-60-28-12-14-32-65(60)71(52-23-5-2-6-24-52)68(63)45-67(62)69(53-38-33-48(34-39-53)57-29-15-19-46-17-7-9-25-55(46)57)54-40-35-49(36-41-54)58-30-16-20-47-18-8-10-26-56(47)58/h1-45H. The number of fused-ring (bicyclic) bond motifs is 8. The van der Waals surface area contributed by atoms with Crippen LogP contribution in [-0.4, -0.2) is 9.13 Å². The second-order valence-corrected chi connectivity index (χ2v) is 18.5. The zero-order valence-corrected chi connectivity index (χ0v) is 38.8. The third-order valence-electron chi connectivity index (χ3n) is 14.5. The van der Waals surface area contributed by atoms with E-state index in [0.29, 0.717) is 0 Å². The maximum atomic E-state index is 2.47. The SMILES string of the molecule is c1ccc(-n2c3ccccc3c3ccc(-c4cc5c6ccccc6n(-c6ccccc6)c5cc4N(c4ccc(-c5cccc6ccccc56)cc4)c4ccc(-c5cccc6ccccc56)cc4)cc32)cc1. The summed E-state index contributed by atoms with van der Waals surface area (Å²) in [7, 11) is 0. The molecule has 0 N–H and O–H groups in total. The van der Waals surface area contributed by atoms with E-state index >= 15 is 0 Å². The molecule has 12 aromatic carbocycles. The Balaban J connectivity index is 1.05. The number of hydrogen-bond donors (Lipinski definition) is 0. The maximum Gasteiger partial charge on any atom is 0.0562 e. The number of para-hydroxylation sites is 4. The van der Waals surface area contributed by atoms with Crippen molar-refractivity contribution in [2.75, 3.05) is 4.90 Å². The first kappa shape index (κ1) is 40.6. The van der Waals surface area contributed by atoms with Gasteiger partial charge in [0, 0.05) is 49.9 Å². The Morgan fingerprint density at radius 2 is 0.648 bits per heavy atom. The van der Waals surface area contributed by atoms with Crippen LogP contribution in [0.5, 0.6) is 0 Å². The molecule has 0 atom stereocenters. The van der Waals surface area contributed by atoms with Crippen LogP contribution in [0.2, 0.25) is 0 Å². The predicted molar refractivity (Wildman–Crippen MR) is 301 cm³/mol. The molecule has 0 radical (unpaired) electrons. The monoisotopic (exact) mass is 903 g/mol. The van der Waals surface area contributed by atoms with Crippen molar-refractivity contribution >= 4 is 82.2 Å². The summed E-state index contributed by atoms with van der Waals surface area (Å²) in [5.74, 6) is 0. The lowest BCUT2D eigenvalue weighted by Gasteiger charge is -2.29. The summed E-state index contributed by atoms with van der Waals surface area (Å²) in [4.78, 5) is 2.47. The van der Waals surface area contributed by atoms with Gasteiger partial charge < -0.3 is 14.0 Å². The van der Waals surface area contributed by atoms with Gasteiger partial charge in [0.2, 0.25) is 0 Å². The summed E-state index contributed by atoms with van der Waals surface area (Å²) < 4.78 is 4.85. The van der Waals surface area contributed by atoms with Crippen molar-refractivity contribution in [3.05, 3.63) is 273 Å². The van der Waals surface area contributed by atoms with Crippen molar-refractivity contribution in [3.8, 4) is 44.8 Å². The minimum Gasteiger partial charge on any atom is -0.310 e. The number of aromatic nitrogens is 2. The lowest BCUT2D eigenvalue weighted by Crippen LogP contribution is -2.11. The Bertz CT molecular complexity index is 4180. The average molecular weight is 904 g/mol. The average Bonchev–Trinajstić information content (AvgIpc) is 3.95. The molecule has 0 unspecified atom stereocenters. The fourth-order valence-corrected chi connectivity index (χ4v) is 11.2. The lowest BCUT2D eigenvalue weighted by atomic mass is 9.96. The van der Waals surface area contributed by atoms with Gasteiger partial charge in [0.05, 0.1) is 27.8 Å². The molecule has 0 spiro atoms. The van der Waals surface area contributed by atoms with Crippen LogP contribution in [0.25, 0.3) is 110 Å². The van der Waals surface area contributed by atoms with E-state index in [2.05, 4.69) is 287 Å². The minimum atomic E-state index is 1.06. The molecule has 0 saturated carbocycles. The van der Waals surface area contributed by atoms with Gasteiger partial charge in [0.25, 0.3) is 0 Å². The first-order valence-electron chi connectivity index (χ1n) is 24.4. The van der Waals surface area contributed by atoms with Crippen LogP contribution in [0.4, 0.5) is 17.1 Å². The summed E-state index contributed by atoms with van der Waals surface area (Å²) in [6.45, 7) is 0. The molecule has 2 aromatic heterocycles. The molecular formula is C68H45N3. The smallest absolute Gasteiger partial charge is 0.0562 e. The molecule has 14 rings (SSSR count). The molecule has 71 heavy (non-hydrogen) atoms. The first-order chi connectivity index (χ1) is 35.2. The van der Waals surface area contributed by atoms with Crippen LogP contribution in [0.1, 0.15) is 0 Å². The largest absolute Gasteiger partial charge is 0.310 e. The normalized spacial score (nSPS) is 11.7. The van der Waals surface area contributed by atoms with Crippen molar-refractivity contribution in [1.29, 1.82) is 0 Å². The van der Waals surface area contributed by atoms with Gasteiger partial charge in [-0.15, -0.1) is 0 Å². The molecule has 332 valence electrons. The molecule has 0 aliphatic carbocycles. The molecule has 3 heteroatoms. The molecule has 14 aromatic rings. The zero-order chi connectivity index (χ0) is 46.8. The molecule has 0 fully saturated rings. The Labute approximate surface area is 412 Å². The highest BCUT2D eigenvalue weighted by molar-refractivity contribution is 6.15. The molecular weight excluding hydrogens is 859 g/mol. The van der Waals surface area contributed by atoms with E-state index in [0.717, 1.165) is 50.6 Å². The van der Waals surface area contributed by atoms with Crippen LogP contribution in [0.15, 0.2) is 273 Å². The highest BCUT2D eigenvalue weighted by Gasteiger charge is 2.24. The van der Waals surface area contributed by atoms with Crippen molar-refractivity contribution in [3.63, 3.8) is 0 Å². The number of benzene rings is 12. The quantitative estimate of drug-likeness (QED) is 0.148. The highest BCUT2D eigenvalue weighted by atomic mass is 15.1. The maximum absolute atomic E-state index is 2.47. The van der Waals surface area contributed by atoms with E-state index in [1.165, 1.54) is 76.4 Å². The van der Waals surface area contributed by atoms with Gasteiger partial charge in [0.15, 0.2) is 0 Å². The summed E-state index contributed by atoms with van der Waals surface area (Å²) in [6.07, 6.45) is 0. The molecule has 0 aliphatic heterocycles. The number of nitrogens with zero attached hydrogens (tertiary/aromatic N) is 3. The second kappa shape index (κ2) is 16.7. The Morgan fingerprint density at radius 3 is 1.18 bits per heavy atom. The number of rotatable bonds is 8. The highest BCUT2D eigenvalue weighted by Crippen LogP contribution is 2.47. The fraction of sp³-hybridized carbons (Fsp3) is 0. The molecule has 0 aliphatic rings. The zero-order valence-electron chi connectivity index (χ0n) is 38.8. The van der Waals surface area contributed by atoms with Crippen molar-refractivity contribution in [1.82, 2.24) is 9.13 Å². The van der Waals surface area contributed by atoms with Gasteiger partial charge in [-0.05, 0) is 128 Å². The lowest BCUT2D eigenvalue weighted by molar-refractivity contribution is 1.18. The van der Waals surface area contributed by atoms with E-state index in [1.807, 2.05) is 0 Å². The molecule has 0 amide bonds. The minimum absolute atomic E-state index is 1.06. The molecule has 2 heterocycles. The Hall–Kier alpha value is -9.44. The molecule has 0 saturated heterocycles. The summed E-state index contributed by atoms with van der Waals surface area (Å²) >= 11 is 0. The van der Waals surface area contributed by atoms with Gasteiger partial charge in [0.1, 0.15) is 0 Å². The first-order valence-corrected chi connectivity index (χ1v) is 24.4. The van der Waals surface area contributed by atoms with E-state index in [4.69, 9.17) is 0 Å². The molecule has 3 nitrogen and oxygen atoms in total. The van der Waals surface area contributed by atoms with E-state index in [9.17, 15) is 0 Å². The van der Waals surface area contributed by atoms with Crippen LogP contribution in [0.3, 0.4) is 0 Å². The van der Waals surface area contributed by atoms with Crippen molar-refractivity contribution in [2.24, 2.45) is 0 Å². The van der Waals surface area contributed by atoms with Gasteiger partial charge >= 0.3 is 0 Å². The van der Waals surface area contributed by atoms with Crippen LogP contribution in [-0.2, 0) is 0 Å². The van der Waals surface area contributed by atoms with Gasteiger partial charge in [-0.2, -0.15) is 0 Å². The fourth-order valence-electron chi connectivity index (χ4n) is 11.2. The Morgan fingerprint density at radius 1 is 0.239 bits per heavy atom.